The number of aromatic nitrogens is 2. The van der Waals surface area contributed by atoms with Crippen molar-refractivity contribution in [2.45, 2.75) is 25.8 Å². The van der Waals surface area contributed by atoms with Crippen molar-refractivity contribution in [1.29, 1.82) is 0 Å². The summed E-state index contributed by atoms with van der Waals surface area (Å²) < 4.78 is 1.87. The molecule has 1 unspecified atom stereocenters. The number of aryl methyl sites for hydroxylation is 2. The average Bonchev–Trinajstić information content (AvgIpc) is 2.95. The number of hydrogen-bond donors (Lipinski definition) is 1. The Morgan fingerprint density at radius 1 is 1.47 bits per heavy atom. The highest BCUT2D eigenvalue weighted by atomic mass is 32.1. The molecule has 0 aliphatic heterocycles. The van der Waals surface area contributed by atoms with Crippen LogP contribution in [0, 0.1) is 0 Å². The Hall–Kier alpha value is -1.13. The summed E-state index contributed by atoms with van der Waals surface area (Å²) in [6.07, 6.45) is 4.21. The minimum Gasteiger partial charge on any atom is -0.309 e. The Balaban J connectivity index is 1.97. The van der Waals surface area contributed by atoms with Crippen LogP contribution in [0.4, 0.5) is 0 Å². The third-order valence-electron chi connectivity index (χ3n) is 2.84. The van der Waals surface area contributed by atoms with E-state index in [1.165, 1.54) is 5.56 Å². The van der Waals surface area contributed by atoms with Crippen LogP contribution < -0.4 is 5.32 Å². The maximum absolute atomic E-state index is 4.49. The molecule has 0 amide bonds. The van der Waals surface area contributed by atoms with Crippen LogP contribution >= 0.6 is 11.3 Å². The van der Waals surface area contributed by atoms with Gasteiger partial charge in [-0.15, -0.1) is 0 Å². The Labute approximate surface area is 106 Å². The van der Waals surface area contributed by atoms with Crippen molar-refractivity contribution in [2.75, 3.05) is 6.54 Å². The Bertz CT molecular complexity index is 433. The van der Waals surface area contributed by atoms with Gasteiger partial charge in [-0.3, -0.25) is 4.68 Å². The van der Waals surface area contributed by atoms with Gasteiger partial charge in [-0.25, -0.2) is 0 Å². The highest BCUT2D eigenvalue weighted by molar-refractivity contribution is 7.07. The third-order valence-corrected chi connectivity index (χ3v) is 3.58. The lowest BCUT2D eigenvalue weighted by molar-refractivity contribution is 0.497. The lowest BCUT2D eigenvalue weighted by Crippen LogP contribution is -2.22. The zero-order valence-corrected chi connectivity index (χ0v) is 11.2. The summed E-state index contributed by atoms with van der Waals surface area (Å²) >= 11 is 1.76. The number of nitrogens with one attached hydrogen (secondary N) is 1. The van der Waals surface area contributed by atoms with E-state index in [-0.39, 0.29) is 0 Å². The molecule has 0 spiro atoms. The lowest BCUT2D eigenvalue weighted by Gasteiger charge is -2.15. The number of rotatable bonds is 6. The van der Waals surface area contributed by atoms with Gasteiger partial charge in [0.25, 0.3) is 0 Å². The van der Waals surface area contributed by atoms with Gasteiger partial charge >= 0.3 is 0 Å². The molecule has 17 heavy (non-hydrogen) atoms. The molecule has 2 heterocycles. The second-order valence-electron chi connectivity index (χ2n) is 4.19. The van der Waals surface area contributed by atoms with E-state index >= 15 is 0 Å². The summed E-state index contributed by atoms with van der Waals surface area (Å²) in [5.74, 6) is 0. The molecule has 92 valence electrons. The lowest BCUT2D eigenvalue weighted by atomic mass is 10.1. The fraction of sp³-hybridized carbons (Fsp3) is 0.462. The quantitative estimate of drug-likeness (QED) is 0.853. The molecule has 1 N–H and O–H groups in total. The molecule has 0 fully saturated rings. The van der Waals surface area contributed by atoms with E-state index in [1.807, 2.05) is 17.9 Å². The first kappa shape index (κ1) is 12.3. The number of thiophene rings is 1. The van der Waals surface area contributed by atoms with Crippen LogP contribution in [0.15, 0.2) is 29.1 Å². The summed E-state index contributed by atoms with van der Waals surface area (Å²) in [6.45, 7) is 3.12. The standard InChI is InChI=1S/C13H19N3S/c1-3-14-12(13-6-8-16(2)15-13)5-4-11-7-9-17-10-11/h6-10,12,14H,3-5H2,1-2H3. The first-order valence-electron chi connectivity index (χ1n) is 6.03. The fourth-order valence-electron chi connectivity index (χ4n) is 1.97. The second-order valence-corrected chi connectivity index (χ2v) is 4.97. The Kier molecular flexibility index (Phi) is 4.34. The van der Waals surface area contributed by atoms with E-state index in [2.05, 4.69) is 40.2 Å². The van der Waals surface area contributed by atoms with Crippen LogP contribution in [0.25, 0.3) is 0 Å². The summed E-state index contributed by atoms with van der Waals surface area (Å²) in [4.78, 5) is 0. The van der Waals surface area contributed by atoms with Gasteiger partial charge in [0, 0.05) is 13.2 Å². The maximum atomic E-state index is 4.49. The normalized spacial score (nSPS) is 12.8. The van der Waals surface area contributed by atoms with Crippen LogP contribution in [-0.2, 0) is 13.5 Å². The van der Waals surface area contributed by atoms with E-state index in [9.17, 15) is 0 Å². The highest BCUT2D eigenvalue weighted by Gasteiger charge is 2.12. The molecule has 2 aromatic heterocycles. The predicted molar refractivity (Wildman–Crippen MR) is 72.3 cm³/mol. The molecular formula is C13H19N3S. The molecule has 0 aromatic carbocycles. The monoisotopic (exact) mass is 249 g/mol. The van der Waals surface area contributed by atoms with Crippen molar-refractivity contribution in [2.24, 2.45) is 7.05 Å². The molecule has 0 aliphatic rings. The third kappa shape index (κ3) is 3.41. The van der Waals surface area contributed by atoms with Crippen molar-refractivity contribution in [1.82, 2.24) is 15.1 Å². The van der Waals surface area contributed by atoms with Gasteiger partial charge in [0.05, 0.1) is 11.7 Å². The summed E-state index contributed by atoms with van der Waals surface area (Å²) in [6, 6.07) is 4.66. The molecule has 4 heteroatoms. The van der Waals surface area contributed by atoms with Crippen LogP contribution in [0.2, 0.25) is 0 Å². The molecule has 0 aliphatic carbocycles. The molecule has 3 nitrogen and oxygen atoms in total. The SMILES string of the molecule is CCNC(CCc1ccsc1)c1ccn(C)n1. The highest BCUT2D eigenvalue weighted by Crippen LogP contribution is 2.18. The Morgan fingerprint density at radius 2 is 2.35 bits per heavy atom. The van der Waals surface area contributed by atoms with Gasteiger partial charge in [0.2, 0.25) is 0 Å². The predicted octanol–water partition coefficient (Wildman–Crippen LogP) is 2.77. The molecule has 0 bridgehead atoms. The molecule has 2 aromatic rings. The summed E-state index contributed by atoms with van der Waals surface area (Å²) in [5.41, 5.74) is 2.57. The van der Waals surface area contributed by atoms with E-state index in [0.717, 1.165) is 25.1 Å². The van der Waals surface area contributed by atoms with Gasteiger partial charge in [0.1, 0.15) is 0 Å². The van der Waals surface area contributed by atoms with Crippen LogP contribution in [-0.4, -0.2) is 16.3 Å². The first-order valence-corrected chi connectivity index (χ1v) is 6.98. The van der Waals surface area contributed by atoms with Crippen molar-refractivity contribution in [3.05, 3.63) is 40.3 Å². The smallest absolute Gasteiger partial charge is 0.0793 e. The van der Waals surface area contributed by atoms with Gasteiger partial charge in [-0.2, -0.15) is 16.4 Å². The molecule has 0 saturated carbocycles. The van der Waals surface area contributed by atoms with Gasteiger partial charge in [0.15, 0.2) is 0 Å². The van der Waals surface area contributed by atoms with Crippen LogP contribution in [0.1, 0.15) is 30.6 Å². The van der Waals surface area contributed by atoms with Crippen molar-refractivity contribution in [3.63, 3.8) is 0 Å². The average molecular weight is 249 g/mol. The second kappa shape index (κ2) is 5.98. The minimum absolute atomic E-state index is 0.362. The van der Waals surface area contributed by atoms with Crippen molar-refractivity contribution >= 4 is 11.3 Å². The largest absolute Gasteiger partial charge is 0.309 e. The summed E-state index contributed by atoms with van der Waals surface area (Å²) in [7, 11) is 1.96. The van der Waals surface area contributed by atoms with E-state index in [0.29, 0.717) is 6.04 Å². The van der Waals surface area contributed by atoms with Crippen LogP contribution in [0.3, 0.4) is 0 Å². The summed E-state index contributed by atoms with van der Waals surface area (Å²) in [5, 5.41) is 12.3. The van der Waals surface area contributed by atoms with Crippen molar-refractivity contribution in [3.8, 4) is 0 Å². The molecular weight excluding hydrogens is 230 g/mol. The molecule has 0 saturated heterocycles. The van der Waals surface area contributed by atoms with E-state index < -0.39 is 0 Å². The van der Waals surface area contributed by atoms with Gasteiger partial charge in [-0.1, -0.05) is 6.92 Å². The van der Waals surface area contributed by atoms with Gasteiger partial charge in [-0.05, 0) is 47.8 Å². The van der Waals surface area contributed by atoms with Crippen LogP contribution in [0.5, 0.6) is 0 Å². The topological polar surface area (TPSA) is 29.9 Å². The zero-order chi connectivity index (χ0) is 12.1. The number of nitrogens with zero attached hydrogens (tertiary/aromatic N) is 2. The first-order chi connectivity index (χ1) is 8.29. The van der Waals surface area contributed by atoms with Gasteiger partial charge < -0.3 is 5.32 Å². The maximum Gasteiger partial charge on any atom is 0.0793 e. The fourth-order valence-corrected chi connectivity index (χ4v) is 2.67. The molecule has 1 atom stereocenters. The Morgan fingerprint density at radius 3 is 2.94 bits per heavy atom. The van der Waals surface area contributed by atoms with E-state index in [1.54, 1.807) is 11.3 Å². The zero-order valence-electron chi connectivity index (χ0n) is 10.4. The van der Waals surface area contributed by atoms with Crippen molar-refractivity contribution < 1.29 is 0 Å². The molecule has 0 radical (unpaired) electrons. The minimum atomic E-state index is 0.362. The number of hydrogen-bond acceptors (Lipinski definition) is 3. The molecule has 2 rings (SSSR count). The van der Waals surface area contributed by atoms with E-state index in [4.69, 9.17) is 0 Å².